The molecule has 0 spiro atoms. The third-order valence-electron chi connectivity index (χ3n) is 8.28. The lowest BCUT2D eigenvalue weighted by atomic mass is 10.2. The summed E-state index contributed by atoms with van der Waals surface area (Å²) < 4.78 is 39.5. The van der Waals surface area contributed by atoms with Crippen molar-refractivity contribution in [2.24, 2.45) is 15.3 Å². The number of rotatable bonds is 33. The number of nitrogens with zero attached hydrogens (tertiary/aromatic N) is 5. The highest BCUT2D eigenvalue weighted by Crippen LogP contribution is 2.22. The average molecular weight is 915 g/mol. The van der Waals surface area contributed by atoms with E-state index in [1.54, 1.807) is 48.5 Å². The standard InChI is InChI=1S/C20H35N3O7Si.C10H14N2O3.C10H21NO4Si/c1-4-28-31(29-5-2,30-6-3)17-7-12-21-20(25)27-16-14-23(13-15-24)19-10-8-18(22-26)9-11-19;13-7-5-12(6-8-14)10-3-1-9(11-15)2-4-10;1-4-13-16(14-5-2,15-6-3)9-7-8-11-10-12/h8-11,24H,4-7,12-17H2,1-3H3,(H,21,25);1-4,13-14H,5-8H2;4-9H2,1-3H3. The Balaban J connectivity index is 0.00000100. The molecule has 0 unspecified atom stereocenters. The number of aliphatic hydroxyl groups is 3. The van der Waals surface area contributed by atoms with Crippen LogP contribution in [0.25, 0.3) is 0 Å². The Morgan fingerprint density at radius 1 is 0.613 bits per heavy atom. The maximum atomic E-state index is 12.0. The van der Waals surface area contributed by atoms with Gasteiger partial charge in [0, 0.05) is 89.3 Å². The normalized spacial score (nSPS) is 10.9. The Hall–Kier alpha value is -4.04. The predicted molar refractivity (Wildman–Crippen MR) is 242 cm³/mol. The molecule has 0 radical (unpaired) electrons. The van der Waals surface area contributed by atoms with Gasteiger partial charge in [0.1, 0.15) is 18.0 Å². The van der Waals surface area contributed by atoms with Crippen molar-refractivity contribution in [1.29, 1.82) is 0 Å². The number of alkyl carbamates (subject to hydrolysis) is 1. The molecule has 0 heterocycles. The molecule has 2 aromatic carbocycles. The second-order valence-electron chi connectivity index (χ2n) is 12.6. The van der Waals surface area contributed by atoms with Crippen LogP contribution in [-0.4, -0.2) is 150 Å². The van der Waals surface area contributed by atoms with Gasteiger partial charge in [0.05, 0.1) is 32.9 Å². The monoisotopic (exact) mass is 914 g/mol. The minimum absolute atomic E-state index is 0.0215. The van der Waals surface area contributed by atoms with Gasteiger partial charge in [-0.25, -0.2) is 14.6 Å². The lowest BCUT2D eigenvalue weighted by Gasteiger charge is -2.28. The number of isocyanates is 1. The van der Waals surface area contributed by atoms with Crippen LogP contribution in [0.5, 0.6) is 0 Å². The number of carbonyl (C=O) groups excluding carboxylic acids is 2. The zero-order valence-electron chi connectivity index (χ0n) is 37.3. The second-order valence-corrected chi connectivity index (χ2v) is 18.0. The fraction of sp³-hybridized carbons (Fsp3) is 0.650. The molecule has 1 amide bonds. The van der Waals surface area contributed by atoms with E-state index >= 15 is 0 Å². The summed E-state index contributed by atoms with van der Waals surface area (Å²) in [5.41, 5.74) is 2.35. The number of aliphatic hydroxyl groups excluding tert-OH is 3. The molecule has 62 heavy (non-hydrogen) atoms. The number of benzene rings is 2. The van der Waals surface area contributed by atoms with Gasteiger partial charge in [-0.1, -0.05) is 0 Å². The summed E-state index contributed by atoms with van der Waals surface area (Å²) in [5.74, 6) is 0. The summed E-state index contributed by atoms with van der Waals surface area (Å²) in [6, 6.07) is 14.6. The molecule has 22 heteroatoms. The first-order valence-electron chi connectivity index (χ1n) is 21.1. The zero-order chi connectivity index (χ0) is 46.3. The lowest BCUT2D eigenvalue weighted by Crippen LogP contribution is -2.46. The SMILES string of the molecule is CCO[Si](CCCN=C=O)(OCC)OCC.CCO[Si](CCCNC(=O)OCCN(CCO)c1ccc(N=O)cc1)(OCC)OCC.O=Nc1ccc(N(CCO)CCO)cc1. The molecule has 0 bridgehead atoms. The van der Waals surface area contributed by atoms with Crippen molar-refractivity contribution in [1.82, 2.24) is 5.32 Å². The topological polar surface area (TPSA) is 249 Å². The molecule has 352 valence electrons. The number of anilines is 2. The molecule has 0 saturated carbocycles. The number of hydrogen-bond donors (Lipinski definition) is 4. The van der Waals surface area contributed by atoms with Crippen LogP contribution in [-0.2, 0) is 36.1 Å². The average Bonchev–Trinajstić information content (AvgIpc) is 3.27. The number of amides is 1. The molecule has 0 fully saturated rings. The van der Waals surface area contributed by atoms with Crippen molar-refractivity contribution in [3.8, 4) is 0 Å². The number of aliphatic imine (C=N–C) groups is 1. The summed E-state index contributed by atoms with van der Waals surface area (Å²) in [6.07, 6.45) is 2.38. The molecule has 4 N–H and O–H groups in total. The predicted octanol–water partition coefficient (Wildman–Crippen LogP) is 5.68. The van der Waals surface area contributed by atoms with E-state index in [4.69, 9.17) is 41.5 Å². The summed E-state index contributed by atoms with van der Waals surface area (Å²) in [7, 11) is -5.25. The minimum atomic E-state index is -2.71. The van der Waals surface area contributed by atoms with Crippen LogP contribution in [0, 0.1) is 9.81 Å². The van der Waals surface area contributed by atoms with Crippen LogP contribution in [0.4, 0.5) is 27.5 Å². The van der Waals surface area contributed by atoms with E-state index in [0.29, 0.717) is 109 Å². The number of ether oxygens (including phenoxy) is 1. The third-order valence-corrected chi connectivity index (χ3v) is 14.6. The molecule has 0 atom stereocenters. The molecular weight excluding hydrogens is 845 g/mol. The number of nitrogens with one attached hydrogen (secondary N) is 1. The first-order valence-corrected chi connectivity index (χ1v) is 24.9. The van der Waals surface area contributed by atoms with E-state index in [2.05, 4.69) is 20.7 Å². The molecule has 0 aliphatic carbocycles. The van der Waals surface area contributed by atoms with Crippen molar-refractivity contribution in [3.05, 3.63) is 58.3 Å². The van der Waals surface area contributed by atoms with E-state index < -0.39 is 23.7 Å². The zero-order valence-corrected chi connectivity index (χ0v) is 39.3. The van der Waals surface area contributed by atoms with E-state index in [-0.39, 0.29) is 26.4 Å². The molecule has 0 aromatic heterocycles. The molecule has 2 aromatic rings. The maximum Gasteiger partial charge on any atom is 0.500 e. The van der Waals surface area contributed by atoms with E-state index in [9.17, 15) is 24.5 Å². The Bertz CT molecular complexity index is 1440. The van der Waals surface area contributed by atoms with Gasteiger partial charge in [0.15, 0.2) is 0 Å². The quantitative estimate of drug-likeness (QED) is 0.0221. The Labute approximate surface area is 368 Å². The highest BCUT2D eigenvalue weighted by Gasteiger charge is 2.40. The van der Waals surface area contributed by atoms with Crippen molar-refractivity contribution in [2.75, 3.05) is 115 Å². The molecular formula is C40H70N6O14Si2. The van der Waals surface area contributed by atoms with Gasteiger partial charge in [0.2, 0.25) is 6.08 Å². The largest absolute Gasteiger partial charge is 0.500 e. The Morgan fingerprint density at radius 2 is 0.984 bits per heavy atom. The van der Waals surface area contributed by atoms with Gasteiger partial charge in [0.25, 0.3) is 0 Å². The van der Waals surface area contributed by atoms with Crippen molar-refractivity contribution in [3.63, 3.8) is 0 Å². The van der Waals surface area contributed by atoms with Gasteiger partial charge >= 0.3 is 23.7 Å². The molecule has 20 nitrogen and oxygen atoms in total. The number of nitroso groups, excluding NO2 is 2. The van der Waals surface area contributed by atoms with Crippen LogP contribution < -0.4 is 15.1 Å². The Morgan fingerprint density at radius 3 is 1.32 bits per heavy atom. The van der Waals surface area contributed by atoms with Crippen LogP contribution in [0.15, 0.2) is 63.9 Å². The second kappa shape index (κ2) is 37.5. The smallest absolute Gasteiger partial charge is 0.448 e. The van der Waals surface area contributed by atoms with Gasteiger partial charge < -0.3 is 61.7 Å². The van der Waals surface area contributed by atoms with E-state index in [1.165, 1.54) is 6.08 Å². The highest BCUT2D eigenvalue weighted by atomic mass is 28.4. The van der Waals surface area contributed by atoms with Gasteiger partial charge in [-0.05, 0) is 113 Å². The lowest BCUT2D eigenvalue weighted by molar-refractivity contribution is 0.0700. The summed E-state index contributed by atoms with van der Waals surface area (Å²) in [4.78, 5) is 49.8. The summed E-state index contributed by atoms with van der Waals surface area (Å²) in [6.45, 7) is 17.4. The van der Waals surface area contributed by atoms with Crippen LogP contribution >= 0.6 is 0 Å². The number of carbonyl (C=O) groups is 1. The van der Waals surface area contributed by atoms with Crippen LogP contribution in [0.3, 0.4) is 0 Å². The maximum absolute atomic E-state index is 12.0. The van der Waals surface area contributed by atoms with Crippen molar-refractivity contribution < 1.29 is 56.2 Å². The molecule has 2 rings (SSSR count). The number of hydrogen-bond acceptors (Lipinski definition) is 19. The van der Waals surface area contributed by atoms with Gasteiger partial charge in [-0.2, -0.15) is 0 Å². The first-order chi connectivity index (χ1) is 30.1. The van der Waals surface area contributed by atoms with Crippen molar-refractivity contribution in [2.45, 2.75) is 66.5 Å². The summed E-state index contributed by atoms with van der Waals surface area (Å²) in [5, 5.41) is 35.3. The van der Waals surface area contributed by atoms with Gasteiger partial charge in [-0.3, -0.25) is 0 Å². The van der Waals surface area contributed by atoms with E-state index in [0.717, 1.165) is 17.8 Å². The van der Waals surface area contributed by atoms with Gasteiger partial charge in [-0.15, -0.1) is 9.81 Å². The molecule has 0 aliphatic heterocycles. The minimum Gasteiger partial charge on any atom is -0.448 e. The van der Waals surface area contributed by atoms with Crippen LogP contribution in [0.2, 0.25) is 12.1 Å². The molecule has 0 saturated heterocycles. The fourth-order valence-corrected chi connectivity index (χ4v) is 11.0. The Kier molecular flexibility index (Phi) is 35.1. The third kappa shape index (κ3) is 25.2. The van der Waals surface area contributed by atoms with E-state index in [1.807, 2.05) is 51.3 Å². The van der Waals surface area contributed by atoms with Crippen LogP contribution in [0.1, 0.15) is 54.4 Å². The first kappa shape index (κ1) is 58.0. The van der Waals surface area contributed by atoms with Crippen molar-refractivity contribution >= 4 is 52.5 Å². The highest BCUT2D eigenvalue weighted by molar-refractivity contribution is 6.61. The summed E-state index contributed by atoms with van der Waals surface area (Å²) >= 11 is 0. The fourth-order valence-electron chi connectivity index (χ4n) is 5.77. The molecule has 0 aliphatic rings.